The SMILES string of the molecule is CN(CCc1ccccn1)C(=O)C1CCCN(c2cnn(C)c(=O)c2)C1. The fourth-order valence-electron chi connectivity index (χ4n) is 3.30. The van der Waals surface area contributed by atoms with E-state index in [-0.39, 0.29) is 17.4 Å². The molecule has 0 N–H and O–H groups in total. The number of rotatable bonds is 5. The van der Waals surface area contributed by atoms with Crippen LogP contribution in [0.5, 0.6) is 0 Å². The predicted octanol–water partition coefficient (Wildman–Crippen LogP) is 1.09. The Morgan fingerprint density at radius 1 is 1.38 bits per heavy atom. The lowest BCUT2D eigenvalue weighted by atomic mass is 9.96. The minimum atomic E-state index is -0.136. The summed E-state index contributed by atoms with van der Waals surface area (Å²) >= 11 is 0. The van der Waals surface area contributed by atoms with Gasteiger partial charge in [-0.2, -0.15) is 5.10 Å². The van der Waals surface area contributed by atoms with Gasteiger partial charge in [0, 0.05) is 58.1 Å². The fraction of sp³-hybridized carbons (Fsp3) is 0.474. The van der Waals surface area contributed by atoms with E-state index in [4.69, 9.17) is 0 Å². The molecule has 1 unspecified atom stereocenters. The quantitative estimate of drug-likeness (QED) is 0.803. The Morgan fingerprint density at radius 3 is 2.96 bits per heavy atom. The van der Waals surface area contributed by atoms with Crippen LogP contribution in [-0.2, 0) is 18.3 Å². The lowest BCUT2D eigenvalue weighted by molar-refractivity contribution is -0.134. The van der Waals surface area contributed by atoms with Crippen molar-refractivity contribution in [3.05, 3.63) is 52.7 Å². The Hall–Kier alpha value is -2.70. The van der Waals surface area contributed by atoms with Crippen molar-refractivity contribution in [3.63, 3.8) is 0 Å². The van der Waals surface area contributed by atoms with E-state index in [1.807, 2.05) is 25.2 Å². The molecule has 138 valence electrons. The molecule has 0 aromatic carbocycles. The van der Waals surface area contributed by atoms with Gasteiger partial charge >= 0.3 is 0 Å². The number of aromatic nitrogens is 3. The first-order chi connectivity index (χ1) is 12.5. The number of aryl methyl sites for hydroxylation is 1. The molecule has 0 bridgehead atoms. The summed E-state index contributed by atoms with van der Waals surface area (Å²) in [6, 6.07) is 7.41. The highest BCUT2D eigenvalue weighted by Crippen LogP contribution is 2.23. The van der Waals surface area contributed by atoms with Crippen LogP contribution >= 0.6 is 0 Å². The molecule has 1 saturated heterocycles. The van der Waals surface area contributed by atoms with Crippen LogP contribution in [0.15, 0.2) is 41.5 Å². The van der Waals surface area contributed by atoms with Gasteiger partial charge in [-0.1, -0.05) is 6.07 Å². The Bertz CT molecular complexity index is 805. The maximum atomic E-state index is 12.8. The molecule has 1 aliphatic heterocycles. The third kappa shape index (κ3) is 4.28. The molecule has 7 nitrogen and oxygen atoms in total. The van der Waals surface area contributed by atoms with Gasteiger partial charge in [-0.05, 0) is 25.0 Å². The van der Waals surface area contributed by atoms with Crippen LogP contribution in [0.2, 0.25) is 0 Å². The van der Waals surface area contributed by atoms with E-state index in [0.717, 1.165) is 37.2 Å². The van der Waals surface area contributed by atoms with Gasteiger partial charge in [-0.25, -0.2) is 4.68 Å². The molecule has 0 aliphatic carbocycles. The van der Waals surface area contributed by atoms with Crippen molar-refractivity contribution < 1.29 is 4.79 Å². The molecule has 3 rings (SSSR count). The summed E-state index contributed by atoms with van der Waals surface area (Å²) in [7, 11) is 3.48. The van der Waals surface area contributed by atoms with Gasteiger partial charge in [0.1, 0.15) is 0 Å². The van der Waals surface area contributed by atoms with Crippen molar-refractivity contribution in [1.29, 1.82) is 0 Å². The number of carbonyl (C=O) groups excluding carboxylic acids is 1. The van der Waals surface area contributed by atoms with Gasteiger partial charge in [0.15, 0.2) is 0 Å². The number of carbonyl (C=O) groups is 1. The Balaban J connectivity index is 1.60. The molecule has 2 aromatic rings. The van der Waals surface area contributed by atoms with Gasteiger partial charge in [0.25, 0.3) is 5.56 Å². The van der Waals surface area contributed by atoms with Gasteiger partial charge < -0.3 is 9.80 Å². The predicted molar refractivity (Wildman–Crippen MR) is 100.0 cm³/mol. The van der Waals surface area contributed by atoms with Crippen LogP contribution in [-0.4, -0.2) is 52.3 Å². The van der Waals surface area contributed by atoms with Gasteiger partial charge in [-0.3, -0.25) is 14.6 Å². The highest BCUT2D eigenvalue weighted by molar-refractivity contribution is 5.79. The van der Waals surface area contributed by atoms with E-state index in [9.17, 15) is 9.59 Å². The standard InChI is InChI=1S/C19H25N5O2/c1-22(11-8-16-7-3-4-9-20-16)19(26)15-6-5-10-24(14-15)17-12-18(25)23(2)21-13-17/h3-4,7,9,12-13,15H,5-6,8,10-11,14H2,1-2H3. The van der Waals surface area contributed by atoms with Crippen molar-refractivity contribution >= 4 is 11.6 Å². The monoisotopic (exact) mass is 355 g/mol. The maximum absolute atomic E-state index is 12.8. The van der Waals surface area contributed by atoms with Crippen LogP contribution in [0.4, 0.5) is 5.69 Å². The van der Waals surface area contributed by atoms with Crippen LogP contribution < -0.4 is 10.5 Å². The molecule has 1 aliphatic rings. The topological polar surface area (TPSA) is 71.3 Å². The highest BCUT2D eigenvalue weighted by atomic mass is 16.2. The summed E-state index contributed by atoms with van der Waals surface area (Å²) in [6.07, 6.45) is 6.02. The second-order valence-corrected chi connectivity index (χ2v) is 6.79. The normalized spacial score (nSPS) is 17.2. The number of anilines is 1. The number of piperidine rings is 1. The Morgan fingerprint density at radius 2 is 2.23 bits per heavy atom. The summed E-state index contributed by atoms with van der Waals surface area (Å²) in [4.78, 5) is 32.8. The van der Waals surface area contributed by atoms with E-state index < -0.39 is 0 Å². The average Bonchev–Trinajstić information content (AvgIpc) is 2.68. The first-order valence-corrected chi connectivity index (χ1v) is 8.98. The number of nitrogens with zero attached hydrogens (tertiary/aromatic N) is 5. The molecular formula is C19H25N5O2. The first-order valence-electron chi connectivity index (χ1n) is 8.98. The second kappa shape index (κ2) is 8.12. The molecule has 2 aromatic heterocycles. The number of amides is 1. The summed E-state index contributed by atoms with van der Waals surface area (Å²) in [5.74, 6) is 0.101. The van der Waals surface area contributed by atoms with Gasteiger partial charge in [0.2, 0.25) is 5.91 Å². The van der Waals surface area contributed by atoms with Crippen molar-refractivity contribution in [1.82, 2.24) is 19.7 Å². The number of hydrogen-bond acceptors (Lipinski definition) is 5. The van der Waals surface area contributed by atoms with E-state index in [1.54, 1.807) is 30.4 Å². The van der Waals surface area contributed by atoms with Crippen molar-refractivity contribution in [2.45, 2.75) is 19.3 Å². The van der Waals surface area contributed by atoms with E-state index >= 15 is 0 Å². The average molecular weight is 355 g/mol. The molecule has 0 spiro atoms. The zero-order valence-electron chi connectivity index (χ0n) is 15.3. The zero-order chi connectivity index (χ0) is 18.5. The number of likely N-dealkylation sites (N-methyl/N-ethyl adjacent to an activating group) is 1. The van der Waals surface area contributed by atoms with Crippen molar-refractivity contribution in [3.8, 4) is 0 Å². The molecule has 7 heteroatoms. The largest absolute Gasteiger partial charge is 0.369 e. The van der Waals surface area contributed by atoms with Crippen LogP contribution in [0.1, 0.15) is 18.5 Å². The third-order valence-corrected chi connectivity index (χ3v) is 4.90. The first kappa shape index (κ1) is 18.1. The number of pyridine rings is 1. The Labute approximate surface area is 153 Å². The van der Waals surface area contributed by atoms with Gasteiger partial charge in [0.05, 0.1) is 17.8 Å². The summed E-state index contributed by atoms with van der Waals surface area (Å²) < 4.78 is 1.31. The Kier molecular flexibility index (Phi) is 5.65. The van der Waals surface area contributed by atoms with Gasteiger partial charge in [-0.15, -0.1) is 0 Å². The summed E-state index contributed by atoms with van der Waals surface area (Å²) in [5, 5.41) is 4.08. The molecule has 0 radical (unpaired) electrons. The van der Waals surface area contributed by atoms with E-state index in [0.29, 0.717) is 13.1 Å². The molecule has 1 atom stereocenters. The molecule has 26 heavy (non-hydrogen) atoms. The minimum Gasteiger partial charge on any atom is -0.369 e. The van der Waals surface area contributed by atoms with E-state index in [2.05, 4.69) is 15.0 Å². The lowest BCUT2D eigenvalue weighted by Crippen LogP contribution is -2.44. The zero-order valence-corrected chi connectivity index (χ0v) is 15.3. The molecule has 1 amide bonds. The molecular weight excluding hydrogens is 330 g/mol. The van der Waals surface area contributed by atoms with Crippen LogP contribution in [0.25, 0.3) is 0 Å². The minimum absolute atomic E-state index is 0.0541. The third-order valence-electron chi connectivity index (χ3n) is 4.90. The summed E-state index contributed by atoms with van der Waals surface area (Å²) in [5.41, 5.74) is 1.65. The fourth-order valence-corrected chi connectivity index (χ4v) is 3.30. The molecule has 3 heterocycles. The summed E-state index contributed by atoms with van der Waals surface area (Å²) in [6.45, 7) is 2.12. The van der Waals surface area contributed by atoms with Crippen LogP contribution in [0, 0.1) is 5.92 Å². The molecule has 1 fully saturated rings. The van der Waals surface area contributed by atoms with Crippen molar-refractivity contribution in [2.75, 3.05) is 31.6 Å². The molecule has 0 saturated carbocycles. The maximum Gasteiger partial charge on any atom is 0.268 e. The highest BCUT2D eigenvalue weighted by Gasteiger charge is 2.28. The van der Waals surface area contributed by atoms with E-state index in [1.165, 1.54) is 4.68 Å². The second-order valence-electron chi connectivity index (χ2n) is 6.79. The van der Waals surface area contributed by atoms with Crippen molar-refractivity contribution in [2.24, 2.45) is 13.0 Å². The number of hydrogen-bond donors (Lipinski definition) is 0. The smallest absolute Gasteiger partial charge is 0.268 e. The van der Waals surface area contributed by atoms with Crippen LogP contribution in [0.3, 0.4) is 0 Å². The lowest BCUT2D eigenvalue weighted by Gasteiger charge is -2.35.